The minimum Gasteiger partial charge on any atom is -0.481 e. The summed E-state index contributed by atoms with van der Waals surface area (Å²) in [6.07, 6.45) is -0.172. The van der Waals surface area contributed by atoms with Gasteiger partial charge in [-0.2, -0.15) is 0 Å². The Kier molecular flexibility index (Phi) is 2.59. The van der Waals surface area contributed by atoms with Crippen LogP contribution in [0.3, 0.4) is 0 Å². The van der Waals surface area contributed by atoms with Gasteiger partial charge < -0.3 is 9.84 Å². The third-order valence-corrected chi connectivity index (χ3v) is 2.29. The summed E-state index contributed by atoms with van der Waals surface area (Å²) in [6.45, 7) is 5.26. The molecule has 0 radical (unpaired) electrons. The highest BCUT2D eigenvalue weighted by Crippen LogP contribution is 2.46. The van der Waals surface area contributed by atoms with E-state index < -0.39 is 17.8 Å². The Balaban J connectivity index is 2.48. The van der Waals surface area contributed by atoms with Crippen LogP contribution in [-0.2, 0) is 14.3 Å². The summed E-state index contributed by atoms with van der Waals surface area (Å²) in [5, 5.41) is 8.67. The number of carboxylic acid groups (broad SMARTS) is 1. The number of esters is 1. The smallest absolute Gasteiger partial charge is 0.310 e. The fourth-order valence-corrected chi connectivity index (χ4v) is 1.51. The van der Waals surface area contributed by atoms with Gasteiger partial charge in [0, 0.05) is 0 Å². The van der Waals surface area contributed by atoms with Gasteiger partial charge in [0.1, 0.15) is 0 Å². The molecule has 3 unspecified atom stereocenters. The SMILES string of the molecule is CC(C)OC(=O)C1C(C)C1C(=O)O. The molecule has 13 heavy (non-hydrogen) atoms. The van der Waals surface area contributed by atoms with Crippen LogP contribution in [0.4, 0.5) is 0 Å². The molecule has 4 heteroatoms. The van der Waals surface area contributed by atoms with Gasteiger partial charge in [0.05, 0.1) is 17.9 Å². The average molecular weight is 186 g/mol. The molecule has 0 aromatic heterocycles. The normalized spacial score (nSPS) is 31.5. The van der Waals surface area contributed by atoms with Crippen LogP contribution in [0.25, 0.3) is 0 Å². The summed E-state index contributed by atoms with van der Waals surface area (Å²) in [7, 11) is 0. The summed E-state index contributed by atoms with van der Waals surface area (Å²) in [5.41, 5.74) is 0. The van der Waals surface area contributed by atoms with Gasteiger partial charge >= 0.3 is 11.9 Å². The fraction of sp³-hybridized carbons (Fsp3) is 0.778. The minimum absolute atomic E-state index is 0.0799. The lowest BCUT2D eigenvalue weighted by Gasteiger charge is -2.06. The maximum absolute atomic E-state index is 11.3. The molecule has 0 aromatic carbocycles. The van der Waals surface area contributed by atoms with Crippen LogP contribution in [0, 0.1) is 17.8 Å². The molecule has 0 bridgehead atoms. The Labute approximate surface area is 76.9 Å². The van der Waals surface area contributed by atoms with Crippen LogP contribution in [0.1, 0.15) is 20.8 Å². The zero-order valence-corrected chi connectivity index (χ0v) is 7.98. The van der Waals surface area contributed by atoms with Crippen LogP contribution in [0.5, 0.6) is 0 Å². The van der Waals surface area contributed by atoms with Crippen molar-refractivity contribution in [3.63, 3.8) is 0 Å². The maximum atomic E-state index is 11.3. The quantitative estimate of drug-likeness (QED) is 0.665. The number of hydrogen-bond donors (Lipinski definition) is 1. The summed E-state index contributed by atoms with van der Waals surface area (Å²) in [4.78, 5) is 21.8. The van der Waals surface area contributed by atoms with Crippen LogP contribution < -0.4 is 0 Å². The average Bonchev–Trinajstić information content (AvgIpc) is 2.59. The lowest BCUT2D eigenvalue weighted by molar-refractivity contribution is -0.152. The van der Waals surface area contributed by atoms with E-state index in [1.54, 1.807) is 20.8 Å². The van der Waals surface area contributed by atoms with E-state index in [-0.39, 0.29) is 18.0 Å². The van der Waals surface area contributed by atoms with Crippen molar-refractivity contribution >= 4 is 11.9 Å². The molecule has 1 saturated carbocycles. The van der Waals surface area contributed by atoms with Crippen LogP contribution in [-0.4, -0.2) is 23.1 Å². The van der Waals surface area contributed by atoms with E-state index in [2.05, 4.69) is 0 Å². The highest BCUT2D eigenvalue weighted by Gasteiger charge is 2.57. The van der Waals surface area contributed by atoms with Gasteiger partial charge in [-0.25, -0.2) is 0 Å². The van der Waals surface area contributed by atoms with E-state index in [1.165, 1.54) is 0 Å². The fourth-order valence-electron chi connectivity index (χ4n) is 1.51. The number of carbonyl (C=O) groups is 2. The van der Waals surface area contributed by atoms with Gasteiger partial charge in [0.15, 0.2) is 0 Å². The van der Waals surface area contributed by atoms with Crippen molar-refractivity contribution in [2.75, 3.05) is 0 Å². The van der Waals surface area contributed by atoms with Gasteiger partial charge in [0.25, 0.3) is 0 Å². The summed E-state index contributed by atoms with van der Waals surface area (Å²) in [6, 6.07) is 0. The van der Waals surface area contributed by atoms with Crippen LogP contribution >= 0.6 is 0 Å². The monoisotopic (exact) mass is 186 g/mol. The third kappa shape index (κ3) is 1.99. The molecular formula is C9H14O4. The Morgan fingerprint density at radius 2 is 1.85 bits per heavy atom. The van der Waals surface area contributed by atoms with E-state index in [9.17, 15) is 9.59 Å². The van der Waals surface area contributed by atoms with Gasteiger partial charge in [-0.3, -0.25) is 9.59 Å². The third-order valence-electron chi connectivity index (χ3n) is 2.29. The highest BCUT2D eigenvalue weighted by molar-refractivity contribution is 5.87. The first-order valence-corrected chi connectivity index (χ1v) is 4.38. The first-order valence-electron chi connectivity index (χ1n) is 4.38. The second-order valence-corrected chi connectivity index (χ2v) is 3.73. The molecule has 1 fully saturated rings. The zero-order chi connectivity index (χ0) is 10.2. The first-order chi connectivity index (χ1) is 5.95. The second-order valence-electron chi connectivity index (χ2n) is 3.73. The Morgan fingerprint density at radius 3 is 2.15 bits per heavy atom. The molecule has 0 aliphatic heterocycles. The van der Waals surface area contributed by atoms with E-state index in [0.29, 0.717) is 0 Å². The van der Waals surface area contributed by atoms with Crippen LogP contribution in [0.15, 0.2) is 0 Å². The standard InChI is InChI=1S/C9H14O4/c1-4(2)13-9(12)7-5(3)6(7)8(10)11/h4-7H,1-3H3,(H,10,11). The van der Waals surface area contributed by atoms with Crippen molar-refractivity contribution in [3.05, 3.63) is 0 Å². The molecule has 1 aliphatic carbocycles. The van der Waals surface area contributed by atoms with Crippen molar-refractivity contribution in [1.29, 1.82) is 0 Å². The topological polar surface area (TPSA) is 63.6 Å². The largest absolute Gasteiger partial charge is 0.481 e. The Bertz CT molecular complexity index is 234. The molecule has 1 N–H and O–H groups in total. The number of hydrogen-bond acceptors (Lipinski definition) is 3. The molecule has 0 amide bonds. The lowest BCUT2D eigenvalue weighted by Crippen LogP contribution is -2.15. The first kappa shape index (κ1) is 10.0. The minimum atomic E-state index is -0.904. The predicted octanol–water partition coefficient (Wildman–Crippen LogP) is 0.905. The number of carbonyl (C=O) groups excluding carboxylic acids is 1. The molecular weight excluding hydrogens is 172 g/mol. The molecule has 0 spiro atoms. The van der Waals surface area contributed by atoms with Crippen molar-refractivity contribution < 1.29 is 19.4 Å². The van der Waals surface area contributed by atoms with Crippen LogP contribution in [0.2, 0.25) is 0 Å². The summed E-state index contributed by atoms with van der Waals surface area (Å²) < 4.78 is 4.92. The number of rotatable bonds is 3. The van der Waals surface area contributed by atoms with E-state index >= 15 is 0 Å². The van der Waals surface area contributed by atoms with Crippen molar-refractivity contribution in [2.45, 2.75) is 26.9 Å². The molecule has 3 atom stereocenters. The summed E-state index contributed by atoms with van der Waals surface area (Å²) in [5.74, 6) is -2.33. The zero-order valence-electron chi connectivity index (χ0n) is 7.98. The number of ether oxygens (including phenoxy) is 1. The van der Waals surface area contributed by atoms with Crippen molar-refractivity contribution in [1.82, 2.24) is 0 Å². The number of carboxylic acids is 1. The lowest BCUT2D eigenvalue weighted by atomic mass is 10.3. The number of aliphatic carboxylic acids is 1. The van der Waals surface area contributed by atoms with Crippen molar-refractivity contribution in [2.24, 2.45) is 17.8 Å². The van der Waals surface area contributed by atoms with Gasteiger partial charge in [-0.1, -0.05) is 6.92 Å². The highest BCUT2D eigenvalue weighted by atomic mass is 16.5. The molecule has 0 heterocycles. The van der Waals surface area contributed by atoms with E-state index in [4.69, 9.17) is 9.84 Å². The summed E-state index contributed by atoms with van der Waals surface area (Å²) >= 11 is 0. The van der Waals surface area contributed by atoms with E-state index in [0.717, 1.165) is 0 Å². The second kappa shape index (κ2) is 3.36. The van der Waals surface area contributed by atoms with Crippen molar-refractivity contribution in [3.8, 4) is 0 Å². The molecule has 1 rings (SSSR count). The molecule has 74 valence electrons. The van der Waals surface area contributed by atoms with Gasteiger partial charge in [-0.05, 0) is 19.8 Å². The molecule has 0 saturated heterocycles. The predicted molar refractivity (Wildman–Crippen MR) is 45.0 cm³/mol. The molecule has 4 nitrogen and oxygen atoms in total. The van der Waals surface area contributed by atoms with E-state index in [1.807, 2.05) is 0 Å². The Morgan fingerprint density at radius 1 is 1.31 bits per heavy atom. The van der Waals surface area contributed by atoms with Gasteiger partial charge in [0.2, 0.25) is 0 Å². The maximum Gasteiger partial charge on any atom is 0.310 e. The molecule has 0 aromatic rings. The molecule has 1 aliphatic rings. The Hall–Kier alpha value is -1.06. The van der Waals surface area contributed by atoms with Gasteiger partial charge in [-0.15, -0.1) is 0 Å².